The number of amides is 4. The van der Waals surface area contributed by atoms with Crippen LogP contribution < -0.4 is 5.32 Å². The van der Waals surface area contributed by atoms with Crippen LogP contribution in [0.1, 0.15) is 35.6 Å². The highest BCUT2D eigenvalue weighted by Gasteiger charge is 2.51. The summed E-state index contributed by atoms with van der Waals surface area (Å²) in [5.74, 6) is -0.328. The van der Waals surface area contributed by atoms with Crippen LogP contribution in [0.25, 0.3) is 10.8 Å². The maximum absolute atomic E-state index is 13.6. The first-order valence-electron chi connectivity index (χ1n) is 11.5. The van der Waals surface area contributed by atoms with E-state index in [4.69, 9.17) is 4.42 Å². The smallest absolute Gasteiger partial charge is 0.325 e. The van der Waals surface area contributed by atoms with Crippen molar-refractivity contribution in [3.05, 3.63) is 94.6 Å². The Bertz CT molecular complexity index is 1510. The Labute approximate surface area is 210 Å². The van der Waals surface area contributed by atoms with Gasteiger partial charge >= 0.3 is 6.03 Å². The average molecular weight is 499 g/mol. The predicted octanol–water partition coefficient (Wildman–Crippen LogP) is 4.64. The Balaban J connectivity index is 1.30. The summed E-state index contributed by atoms with van der Waals surface area (Å²) < 4.78 is 5.50. The van der Waals surface area contributed by atoms with Crippen LogP contribution in [0, 0.1) is 0 Å². The van der Waals surface area contributed by atoms with Gasteiger partial charge in [-0.05, 0) is 46.8 Å². The predicted molar refractivity (Wildman–Crippen MR) is 135 cm³/mol. The second kappa shape index (κ2) is 8.46. The number of nitrogens with zero attached hydrogens (tertiary/aromatic N) is 3. The molecule has 0 aliphatic carbocycles. The van der Waals surface area contributed by atoms with Crippen molar-refractivity contribution < 1.29 is 18.8 Å². The van der Waals surface area contributed by atoms with Crippen LogP contribution in [0.5, 0.6) is 0 Å². The molecule has 1 saturated heterocycles. The number of thiophene rings is 1. The summed E-state index contributed by atoms with van der Waals surface area (Å²) in [5.41, 5.74) is 0.0353. The maximum Gasteiger partial charge on any atom is 0.325 e. The molecular formula is C27H22N4O4S. The minimum absolute atomic E-state index is 0.331. The standard InChI is InChI=1S/C27H22N4O4S/c1-27(19-10-4-8-17-7-2-3-9-18(17)19)25(33)30(26(34)28-27)16-24(32)31-21(23-12-6-14-36-23)15-20(29-31)22-11-5-13-35-22/h2-14,21H,15-16H2,1H3,(H,28,34)/t21-,27+/m0/s1. The van der Waals surface area contributed by atoms with Gasteiger partial charge in [-0.15, -0.1) is 11.3 Å². The van der Waals surface area contributed by atoms with E-state index in [1.807, 2.05) is 60.0 Å². The van der Waals surface area contributed by atoms with Crippen LogP contribution >= 0.6 is 11.3 Å². The molecule has 0 bridgehead atoms. The summed E-state index contributed by atoms with van der Waals surface area (Å²) in [6, 6.07) is 19.8. The van der Waals surface area contributed by atoms with Crippen molar-refractivity contribution in [2.75, 3.05) is 6.54 Å². The molecule has 0 spiro atoms. The lowest BCUT2D eigenvalue weighted by atomic mass is 9.88. The zero-order valence-corrected chi connectivity index (χ0v) is 20.2. The highest BCUT2D eigenvalue weighted by atomic mass is 32.1. The number of hydrogen-bond acceptors (Lipinski definition) is 6. The van der Waals surface area contributed by atoms with Crippen molar-refractivity contribution in [2.45, 2.75) is 24.9 Å². The molecule has 1 N–H and O–H groups in total. The van der Waals surface area contributed by atoms with Gasteiger partial charge < -0.3 is 9.73 Å². The summed E-state index contributed by atoms with van der Waals surface area (Å²) >= 11 is 1.52. The number of hydrogen-bond donors (Lipinski definition) is 1. The van der Waals surface area contributed by atoms with E-state index in [2.05, 4.69) is 10.4 Å². The van der Waals surface area contributed by atoms with Gasteiger partial charge in [0.15, 0.2) is 0 Å². The summed E-state index contributed by atoms with van der Waals surface area (Å²) in [6.07, 6.45) is 2.04. The third-order valence-electron chi connectivity index (χ3n) is 6.74. The fourth-order valence-electron chi connectivity index (χ4n) is 4.93. The third-order valence-corrected chi connectivity index (χ3v) is 7.71. The molecule has 180 valence electrons. The van der Waals surface area contributed by atoms with E-state index < -0.39 is 29.9 Å². The van der Waals surface area contributed by atoms with E-state index in [-0.39, 0.29) is 6.04 Å². The Morgan fingerprint density at radius 2 is 1.94 bits per heavy atom. The molecule has 0 unspecified atom stereocenters. The van der Waals surface area contributed by atoms with Gasteiger partial charge in [0.1, 0.15) is 23.6 Å². The van der Waals surface area contributed by atoms with E-state index in [0.717, 1.165) is 20.5 Å². The molecule has 4 amide bonds. The van der Waals surface area contributed by atoms with Gasteiger partial charge in [-0.3, -0.25) is 14.5 Å². The van der Waals surface area contributed by atoms with Crippen LogP contribution in [-0.2, 0) is 15.1 Å². The van der Waals surface area contributed by atoms with Crippen LogP contribution in [0.15, 0.2) is 87.9 Å². The largest absolute Gasteiger partial charge is 0.463 e. The Kier molecular flexibility index (Phi) is 5.22. The molecule has 6 rings (SSSR count). The van der Waals surface area contributed by atoms with Gasteiger partial charge in [0, 0.05) is 11.3 Å². The van der Waals surface area contributed by atoms with Gasteiger partial charge in [-0.1, -0.05) is 48.5 Å². The van der Waals surface area contributed by atoms with E-state index in [1.165, 1.54) is 16.3 Å². The molecular weight excluding hydrogens is 476 g/mol. The zero-order valence-electron chi connectivity index (χ0n) is 19.4. The van der Waals surface area contributed by atoms with Crippen molar-refractivity contribution in [3.63, 3.8) is 0 Å². The second-order valence-corrected chi connectivity index (χ2v) is 9.95. The first kappa shape index (κ1) is 22.2. The number of benzene rings is 2. The highest BCUT2D eigenvalue weighted by Crippen LogP contribution is 2.37. The summed E-state index contributed by atoms with van der Waals surface area (Å²) in [7, 11) is 0. The number of rotatable bonds is 5. The first-order chi connectivity index (χ1) is 17.5. The minimum Gasteiger partial charge on any atom is -0.463 e. The SMILES string of the molecule is C[C@]1(c2cccc3ccccc23)NC(=O)N(CC(=O)N2N=C(c3ccco3)C[C@H]2c2cccs2)C1=O. The summed E-state index contributed by atoms with van der Waals surface area (Å²) in [5, 5.41) is 12.5. The third kappa shape index (κ3) is 3.51. The normalized spacial score (nSPS) is 21.8. The fourth-order valence-corrected chi connectivity index (χ4v) is 5.74. The van der Waals surface area contributed by atoms with Gasteiger partial charge in [-0.25, -0.2) is 9.80 Å². The Morgan fingerprint density at radius 3 is 2.72 bits per heavy atom. The van der Waals surface area contributed by atoms with Crippen LogP contribution in [-0.4, -0.2) is 40.0 Å². The molecule has 0 saturated carbocycles. The first-order valence-corrected chi connectivity index (χ1v) is 12.4. The summed E-state index contributed by atoms with van der Waals surface area (Å²) in [6.45, 7) is 1.26. The molecule has 0 radical (unpaired) electrons. The van der Waals surface area contributed by atoms with Crippen LogP contribution in [0.4, 0.5) is 4.79 Å². The van der Waals surface area contributed by atoms with Crippen molar-refractivity contribution >= 4 is 45.7 Å². The molecule has 9 heteroatoms. The minimum atomic E-state index is -1.29. The number of imide groups is 1. The van der Waals surface area contributed by atoms with Gasteiger partial charge in [-0.2, -0.15) is 5.10 Å². The molecule has 2 aliphatic rings. The maximum atomic E-state index is 13.6. The number of nitrogens with one attached hydrogen (secondary N) is 1. The number of hydrazone groups is 1. The second-order valence-electron chi connectivity index (χ2n) is 8.97. The van der Waals surface area contributed by atoms with Crippen molar-refractivity contribution in [3.8, 4) is 0 Å². The molecule has 8 nitrogen and oxygen atoms in total. The molecule has 2 aromatic heterocycles. The molecule has 4 heterocycles. The van der Waals surface area contributed by atoms with Crippen molar-refractivity contribution in [1.29, 1.82) is 0 Å². The van der Waals surface area contributed by atoms with Gasteiger partial charge in [0.25, 0.3) is 11.8 Å². The topological polar surface area (TPSA) is 95.2 Å². The molecule has 4 aromatic rings. The lowest BCUT2D eigenvalue weighted by molar-refractivity contribution is -0.139. The number of furan rings is 1. The monoisotopic (exact) mass is 498 g/mol. The number of urea groups is 1. The quantitative estimate of drug-likeness (QED) is 0.406. The molecule has 2 aliphatic heterocycles. The van der Waals surface area contributed by atoms with Crippen molar-refractivity contribution in [1.82, 2.24) is 15.2 Å². The van der Waals surface area contributed by atoms with E-state index in [0.29, 0.717) is 23.5 Å². The van der Waals surface area contributed by atoms with Crippen molar-refractivity contribution in [2.24, 2.45) is 5.10 Å². The molecule has 2 atom stereocenters. The Hall–Kier alpha value is -4.24. The van der Waals surface area contributed by atoms with Gasteiger partial charge in [0.05, 0.1) is 12.3 Å². The van der Waals surface area contributed by atoms with E-state index in [9.17, 15) is 14.4 Å². The molecule has 36 heavy (non-hydrogen) atoms. The lowest BCUT2D eigenvalue weighted by Gasteiger charge is -2.25. The highest BCUT2D eigenvalue weighted by molar-refractivity contribution is 7.10. The number of carbonyl (C=O) groups excluding carboxylic acids is 3. The molecule has 1 fully saturated rings. The van der Waals surface area contributed by atoms with Crippen LogP contribution in [0.3, 0.4) is 0 Å². The summed E-state index contributed by atoms with van der Waals surface area (Å²) in [4.78, 5) is 42.1. The average Bonchev–Trinajstić information content (AvgIpc) is 3.69. The number of fused-ring (bicyclic) bond motifs is 1. The molecule has 2 aromatic carbocycles. The zero-order chi connectivity index (χ0) is 24.9. The van der Waals surface area contributed by atoms with Gasteiger partial charge in [0.2, 0.25) is 0 Å². The van der Waals surface area contributed by atoms with Crippen LogP contribution in [0.2, 0.25) is 0 Å². The van der Waals surface area contributed by atoms with E-state index >= 15 is 0 Å². The Morgan fingerprint density at radius 1 is 1.11 bits per heavy atom. The number of carbonyl (C=O) groups is 3. The fraction of sp³-hybridized carbons (Fsp3) is 0.185. The van der Waals surface area contributed by atoms with E-state index in [1.54, 1.807) is 25.3 Å². The lowest BCUT2D eigenvalue weighted by Crippen LogP contribution is -2.43.